The van der Waals surface area contributed by atoms with Crippen LogP contribution in [0.5, 0.6) is 0 Å². The molecule has 2 N–H and O–H groups in total. The van der Waals surface area contributed by atoms with E-state index in [-0.39, 0.29) is 0 Å². The molecule has 2 rings (SSSR count). The predicted octanol–water partition coefficient (Wildman–Crippen LogP) is -0.414. The van der Waals surface area contributed by atoms with Gasteiger partial charge in [0.05, 0.1) is 13.2 Å². The standard InChI is InChI=1S/C10H13BO4/c1-10(14-5-6-15-10)8-3-2-4-9(7-8)11(12)13/h2-4,7,12-13H,5-6H2,1H3. The van der Waals surface area contributed by atoms with E-state index in [1.54, 1.807) is 18.2 Å². The van der Waals surface area contributed by atoms with Crippen molar-refractivity contribution in [2.45, 2.75) is 12.7 Å². The van der Waals surface area contributed by atoms with Crippen LogP contribution in [-0.4, -0.2) is 30.4 Å². The molecule has 0 saturated carbocycles. The van der Waals surface area contributed by atoms with Crippen LogP contribution < -0.4 is 5.46 Å². The molecule has 0 unspecified atom stereocenters. The predicted molar refractivity (Wildman–Crippen MR) is 55.5 cm³/mol. The Hall–Kier alpha value is -0.875. The van der Waals surface area contributed by atoms with E-state index >= 15 is 0 Å². The zero-order chi connectivity index (χ0) is 10.9. The fourth-order valence-corrected chi connectivity index (χ4v) is 1.66. The van der Waals surface area contributed by atoms with Gasteiger partial charge in [0, 0.05) is 5.56 Å². The molecule has 1 aromatic rings. The summed E-state index contributed by atoms with van der Waals surface area (Å²) in [5.74, 6) is -0.759. The molecule has 0 aromatic heterocycles. The van der Waals surface area contributed by atoms with Gasteiger partial charge in [-0.25, -0.2) is 0 Å². The highest BCUT2D eigenvalue weighted by molar-refractivity contribution is 6.58. The van der Waals surface area contributed by atoms with Gasteiger partial charge in [0.2, 0.25) is 0 Å². The van der Waals surface area contributed by atoms with Crippen molar-refractivity contribution in [3.05, 3.63) is 29.8 Å². The van der Waals surface area contributed by atoms with Crippen LogP contribution >= 0.6 is 0 Å². The van der Waals surface area contributed by atoms with Gasteiger partial charge in [0.25, 0.3) is 0 Å². The molecular weight excluding hydrogens is 195 g/mol. The lowest BCUT2D eigenvalue weighted by molar-refractivity contribution is -0.149. The number of benzene rings is 1. The van der Waals surface area contributed by atoms with Crippen molar-refractivity contribution < 1.29 is 19.5 Å². The average molecular weight is 208 g/mol. The summed E-state index contributed by atoms with van der Waals surface area (Å²) in [6.45, 7) is 2.94. The van der Waals surface area contributed by atoms with Crippen LogP contribution in [0.1, 0.15) is 12.5 Å². The van der Waals surface area contributed by atoms with E-state index in [0.717, 1.165) is 5.56 Å². The SMILES string of the molecule is CC1(c2cccc(B(O)O)c2)OCCO1. The minimum absolute atomic E-state index is 0.438. The molecule has 0 bridgehead atoms. The molecule has 1 heterocycles. The lowest BCUT2D eigenvalue weighted by atomic mass is 9.79. The van der Waals surface area contributed by atoms with E-state index in [0.29, 0.717) is 18.7 Å². The highest BCUT2D eigenvalue weighted by atomic mass is 16.7. The minimum atomic E-state index is -1.46. The van der Waals surface area contributed by atoms with Crippen molar-refractivity contribution in [3.63, 3.8) is 0 Å². The molecule has 5 heteroatoms. The highest BCUT2D eigenvalue weighted by Gasteiger charge is 2.33. The van der Waals surface area contributed by atoms with E-state index in [9.17, 15) is 0 Å². The first-order chi connectivity index (χ1) is 7.12. The Labute approximate surface area is 88.6 Å². The highest BCUT2D eigenvalue weighted by Crippen LogP contribution is 2.29. The molecule has 0 radical (unpaired) electrons. The Morgan fingerprint density at radius 2 is 1.93 bits per heavy atom. The van der Waals surface area contributed by atoms with Gasteiger partial charge in [-0.2, -0.15) is 0 Å². The Bertz CT molecular complexity index is 347. The first kappa shape index (κ1) is 10.6. The van der Waals surface area contributed by atoms with E-state index in [1.165, 1.54) is 0 Å². The van der Waals surface area contributed by atoms with Crippen molar-refractivity contribution in [2.24, 2.45) is 0 Å². The van der Waals surface area contributed by atoms with E-state index in [4.69, 9.17) is 19.5 Å². The minimum Gasteiger partial charge on any atom is -0.423 e. The molecule has 1 aliphatic rings. The summed E-state index contributed by atoms with van der Waals surface area (Å²) in [6, 6.07) is 6.92. The lowest BCUT2D eigenvalue weighted by Crippen LogP contribution is -2.32. The normalized spacial score (nSPS) is 19.1. The largest absolute Gasteiger partial charge is 0.488 e. The van der Waals surface area contributed by atoms with Crippen LogP contribution in [0.4, 0.5) is 0 Å². The van der Waals surface area contributed by atoms with Crippen molar-refractivity contribution in [1.82, 2.24) is 0 Å². The summed E-state index contributed by atoms with van der Waals surface area (Å²) in [4.78, 5) is 0. The molecule has 0 aliphatic carbocycles. The Morgan fingerprint density at radius 1 is 1.27 bits per heavy atom. The van der Waals surface area contributed by atoms with E-state index < -0.39 is 12.9 Å². The summed E-state index contributed by atoms with van der Waals surface area (Å²) >= 11 is 0. The van der Waals surface area contributed by atoms with Gasteiger partial charge in [0.1, 0.15) is 0 Å². The van der Waals surface area contributed by atoms with Crippen LogP contribution in [-0.2, 0) is 15.3 Å². The second kappa shape index (κ2) is 3.94. The summed E-state index contributed by atoms with van der Waals surface area (Å²) in [5.41, 5.74) is 1.23. The van der Waals surface area contributed by atoms with Crippen LogP contribution in [0.15, 0.2) is 24.3 Å². The molecule has 15 heavy (non-hydrogen) atoms. The zero-order valence-corrected chi connectivity index (χ0v) is 8.51. The van der Waals surface area contributed by atoms with Crippen molar-refractivity contribution in [1.29, 1.82) is 0 Å². The molecular formula is C10H13BO4. The van der Waals surface area contributed by atoms with Gasteiger partial charge < -0.3 is 19.5 Å². The quantitative estimate of drug-likeness (QED) is 0.648. The summed E-state index contributed by atoms with van der Waals surface area (Å²) in [6.07, 6.45) is 0. The van der Waals surface area contributed by atoms with Crippen LogP contribution in [0.25, 0.3) is 0 Å². The molecule has 0 amide bonds. The molecule has 4 nitrogen and oxygen atoms in total. The van der Waals surface area contributed by atoms with Gasteiger partial charge in [-0.1, -0.05) is 24.3 Å². The first-order valence-corrected chi connectivity index (χ1v) is 4.86. The fraction of sp³-hybridized carbons (Fsp3) is 0.400. The van der Waals surface area contributed by atoms with E-state index in [1.807, 2.05) is 13.0 Å². The molecule has 0 atom stereocenters. The number of rotatable bonds is 2. The van der Waals surface area contributed by atoms with Crippen LogP contribution in [0, 0.1) is 0 Å². The monoisotopic (exact) mass is 208 g/mol. The zero-order valence-electron chi connectivity index (χ0n) is 8.51. The molecule has 1 aliphatic heterocycles. The number of hydrogen-bond acceptors (Lipinski definition) is 4. The average Bonchev–Trinajstić information content (AvgIpc) is 2.67. The maximum absolute atomic E-state index is 9.05. The van der Waals surface area contributed by atoms with Gasteiger partial charge in [-0.3, -0.25) is 0 Å². The van der Waals surface area contributed by atoms with Crippen molar-refractivity contribution in [3.8, 4) is 0 Å². The summed E-state index contributed by atoms with van der Waals surface area (Å²) in [7, 11) is -1.46. The molecule has 80 valence electrons. The Balaban J connectivity index is 2.31. The topological polar surface area (TPSA) is 58.9 Å². The Kier molecular flexibility index (Phi) is 2.80. The van der Waals surface area contributed by atoms with Gasteiger partial charge >= 0.3 is 7.12 Å². The number of ether oxygens (including phenoxy) is 2. The molecule has 1 fully saturated rings. The third-order valence-corrected chi connectivity index (χ3v) is 2.55. The Morgan fingerprint density at radius 3 is 2.53 bits per heavy atom. The summed E-state index contributed by atoms with van der Waals surface area (Å²) < 4.78 is 11.0. The maximum Gasteiger partial charge on any atom is 0.488 e. The second-order valence-corrected chi connectivity index (χ2v) is 3.64. The van der Waals surface area contributed by atoms with E-state index in [2.05, 4.69) is 0 Å². The lowest BCUT2D eigenvalue weighted by Gasteiger charge is -2.23. The van der Waals surface area contributed by atoms with Crippen LogP contribution in [0.3, 0.4) is 0 Å². The molecule has 1 saturated heterocycles. The van der Waals surface area contributed by atoms with Gasteiger partial charge in [-0.05, 0) is 12.4 Å². The fourth-order valence-electron chi connectivity index (χ4n) is 1.66. The first-order valence-electron chi connectivity index (χ1n) is 4.86. The van der Waals surface area contributed by atoms with Crippen LogP contribution in [0.2, 0.25) is 0 Å². The van der Waals surface area contributed by atoms with Crippen molar-refractivity contribution in [2.75, 3.05) is 13.2 Å². The third kappa shape index (κ3) is 2.05. The molecule has 0 spiro atoms. The molecule has 1 aromatic carbocycles. The van der Waals surface area contributed by atoms with Gasteiger partial charge in [0.15, 0.2) is 5.79 Å². The van der Waals surface area contributed by atoms with Gasteiger partial charge in [-0.15, -0.1) is 0 Å². The van der Waals surface area contributed by atoms with Crippen molar-refractivity contribution >= 4 is 12.6 Å². The third-order valence-electron chi connectivity index (χ3n) is 2.55. The number of hydrogen-bond donors (Lipinski definition) is 2. The summed E-state index contributed by atoms with van der Waals surface area (Å²) in [5, 5.41) is 18.1. The second-order valence-electron chi connectivity index (χ2n) is 3.64. The smallest absolute Gasteiger partial charge is 0.423 e. The maximum atomic E-state index is 9.05.